The average molecular weight is 422 g/mol. The van der Waals surface area contributed by atoms with Gasteiger partial charge in [-0.05, 0) is 50.3 Å². The van der Waals surface area contributed by atoms with Gasteiger partial charge in [0.2, 0.25) is 0 Å². The lowest BCUT2D eigenvalue weighted by atomic mass is 9.81. The molecule has 1 heterocycles. The molecule has 29 heavy (non-hydrogen) atoms. The summed E-state index contributed by atoms with van der Waals surface area (Å²) < 4.78 is 11.6. The van der Waals surface area contributed by atoms with Crippen molar-refractivity contribution in [2.75, 3.05) is 20.2 Å². The summed E-state index contributed by atoms with van der Waals surface area (Å²) in [5.74, 6) is 1.08. The summed E-state index contributed by atoms with van der Waals surface area (Å²) in [6.45, 7) is 9.22. The fraction of sp³-hybridized carbons (Fsp3) is 0.619. The molecule has 8 heteroatoms. The Labute approximate surface area is 177 Å². The predicted molar refractivity (Wildman–Crippen MR) is 109 cm³/mol. The van der Waals surface area contributed by atoms with Crippen LogP contribution in [-0.2, 0) is 10.3 Å². The van der Waals surface area contributed by atoms with Crippen molar-refractivity contribution < 1.29 is 19.5 Å². The maximum absolute atomic E-state index is 12.1. The van der Waals surface area contributed by atoms with Crippen molar-refractivity contribution in [2.24, 2.45) is 0 Å². The molecule has 1 saturated heterocycles. The van der Waals surface area contributed by atoms with E-state index >= 15 is 0 Å². The van der Waals surface area contributed by atoms with Gasteiger partial charge in [-0.1, -0.05) is 0 Å². The molecule has 2 saturated carbocycles. The van der Waals surface area contributed by atoms with Crippen LogP contribution >= 0.6 is 12.4 Å². The highest BCUT2D eigenvalue weighted by Gasteiger charge is 2.57. The molecule has 3 aliphatic rings. The molecule has 0 atom stereocenters. The number of halogens is 1. The van der Waals surface area contributed by atoms with Crippen LogP contribution in [0, 0.1) is 6.57 Å². The van der Waals surface area contributed by atoms with Crippen LogP contribution in [0.3, 0.4) is 0 Å². The highest BCUT2D eigenvalue weighted by Crippen LogP contribution is 2.48. The SMILES string of the molecule is Cl.[C-]#[N+]C1(c2ccc(OC)c(OC3CCC3)c2)CCN(C2(C(=O)NO)CC2)CC1. The minimum absolute atomic E-state index is 0. The molecule has 1 aromatic carbocycles. The van der Waals surface area contributed by atoms with Gasteiger partial charge in [-0.25, -0.2) is 12.1 Å². The van der Waals surface area contributed by atoms with Crippen molar-refractivity contribution in [1.82, 2.24) is 10.4 Å². The molecule has 2 N–H and O–H groups in total. The summed E-state index contributed by atoms with van der Waals surface area (Å²) in [5, 5.41) is 9.04. The highest BCUT2D eigenvalue weighted by atomic mass is 35.5. The number of benzene rings is 1. The van der Waals surface area contributed by atoms with Crippen LogP contribution in [0.25, 0.3) is 4.85 Å². The Hall–Kier alpha value is -2.01. The van der Waals surface area contributed by atoms with E-state index in [1.54, 1.807) is 7.11 Å². The number of methoxy groups -OCH3 is 1. The van der Waals surface area contributed by atoms with Crippen LogP contribution in [0.1, 0.15) is 50.5 Å². The van der Waals surface area contributed by atoms with Gasteiger partial charge in [0.1, 0.15) is 5.54 Å². The summed E-state index contributed by atoms with van der Waals surface area (Å²) in [6.07, 6.45) is 6.35. The molecule has 0 bridgehead atoms. The fourth-order valence-corrected chi connectivity index (χ4v) is 4.41. The van der Waals surface area contributed by atoms with E-state index in [0.29, 0.717) is 37.4 Å². The molecule has 158 valence electrons. The molecule has 7 nitrogen and oxygen atoms in total. The Morgan fingerprint density at radius 1 is 1.24 bits per heavy atom. The summed E-state index contributed by atoms with van der Waals surface area (Å²) >= 11 is 0. The van der Waals surface area contributed by atoms with Crippen molar-refractivity contribution in [2.45, 2.75) is 62.1 Å². The molecule has 1 amide bonds. The number of amides is 1. The van der Waals surface area contributed by atoms with Crippen molar-refractivity contribution in [3.63, 3.8) is 0 Å². The number of hydroxylamine groups is 1. The molecule has 0 unspecified atom stereocenters. The average Bonchev–Trinajstić information content (AvgIpc) is 3.52. The number of hydrogen-bond donors (Lipinski definition) is 2. The Morgan fingerprint density at radius 2 is 1.93 bits per heavy atom. The van der Waals surface area contributed by atoms with E-state index in [-0.39, 0.29) is 24.4 Å². The second-order valence-electron chi connectivity index (χ2n) is 8.14. The number of nitrogens with zero attached hydrogens (tertiary/aromatic N) is 2. The first-order chi connectivity index (χ1) is 13.6. The Kier molecular flexibility index (Phi) is 6.27. The predicted octanol–water partition coefficient (Wildman–Crippen LogP) is 3.30. The van der Waals surface area contributed by atoms with Gasteiger partial charge < -0.3 is 14.3 Å². The minimum atomic E-state index is -0.619. The molecule has 4 rings (SSSR count). The zero-order chi connectivity index (χ0) is 19.8. The number of carbonyl (C=O) groups excluding carboxylic acids is 1. The molecule has 2 aliphatic carbocycles. The largest absolute Gasteiger partial charge is 0.493 e. The maximum Gasteiger partial charge on any atom is 0.263 e. The third kappa shape index (κ3) is 3.77. The van der Waals surface area contributed by atoms with E-state index < -0.39 is 11.1 Å². The van der Waals surface area contributed by atoms with Gasteiger partial charge in [0.05, 0.1) is 13.2 Å². The van der Waals surface area contributed by atoms with E-state index in [1.165, 1.54) is 6.42 Å². The van der Waals surface area contributed by atoms with Gasteiger partial charge in [0, 0.05) is 31.5 Å². The molecule has 0 aromatic heterocycles. The van der Waals surface area contributed by atoms with E-state index in [2.05, 4.69) is 9.74 Å². The van der Waals surface area contributed by atoms with E-state index in [9.17, 15) is 4.79 Å². The lowest BCUT2D eigenvalue weighted by Gasteiger charge is -2.38. The Bertz CT molecular complexity index is 794. The van der Waals surface area contributed by atoms with Crippen LogP contribution in [0.15, 0.2) is 18.2 Å². The maximum atomic E-state index is 12.1. The quantitative estimate of drug-likeness (QED) is 0.419. The second kappa shape index (κ2) is 8.39. The molecule has 1 aliphatic heterocycles. The zero-order valence-corrected chi connectivity index (χ0v) is 17.5. The first-order valence-electron chi connectivity index (χ1n) is 10.0. The van der Waals surface area contributed by atoms with Crippen LogP contribution in [-0.4, -0.2) is 47.9 Å². The summed E-state index contributed by atoms with van der Waals surface area (Å²) in [4.78, 5) is 18.2. The number of carbonyl (C=O) groups is 1. The number of nitrogens with one attached hydrogen (secondary N) is 1. The monoisotopic (exact) mass is 421 g/mol. The second-order valence-corrected chi connectivity index (χ2v) is 8.14. The van der Waals surface area contributed by atoms with Crippen LogP contribution < -0.4 is 15.0 Å². The lowest BCUT2D eigenvalue weighted by molar-refractivity contribution is -0.137. The first-order valence-corrected chi connectivity index (χ1v) is 10.0. The van der Waals surface area contributed by atoms with Gasteiger partial charge in [-0.2, -0.15) is 0 Å². The summed E-state index contributed by atoms with van der Waals surface area (Å²) in [6, 6.07) is 5.83. The third-order valence-corrected chi connectivity index (χ3v) is 6.70. The molecular weight excluding hydrogens is 394 g/mol. The van der Waals surface area contributed by atoms with Gasteiger partial charge >= 0.3 is 0 Å². The van der Waals surface area contributed by atoms with Gasteiger partial charge in [0.25, 0.3) is 11.4 Å². The van der Waals surface area contributed by atoms with Crippen LogP contribution in [0.5, 0.6) is 11.5 Å². The van der Waals surface area contributed by atoms with Gasteiger partial charge in [0.15, 0.2) is 11.5 Å². The van der Waals surface area contributed by atoms with Crippen molar-refractivity contribution in [3.05, 3.63) is 35.2 Å². The van der Waals surface area contributed by atoms with Gasteiger partial charge in [-0.3, -0.25) is 14.9 Å². The van der Waals surface area contributed by atoms with E-state index in [4.69, 9.17) is 21.3 Å². The third-order valence-electron chi connectivity index (χ3n) is 6.70. The number of piperidine rings is 1. The number of hydrogen-bond acceptors (Lipinski definition) is 5. The topological polar surface area (TPSA) is 75.4 Å². The molecule has 3 fully saturated rings. The summed E-state index contributed by atoms with van der Waals surface area (Å²) in [5.41, 5.74) is 1.56. The summed E-state index contributed by atoms with van der Waals surface area (Å²) in [7, 11) is 1.63. The number of ether oxygens (including phenoxy) is 2. The minimum Gasteiger partial charge on any atom is -0.493 e. The van der Waals surface area contributed by atoms with E-state index in [0.717, 1.165) is 31.2 Å². The molecular formula is C21H28ClN3O4. The molecule has 0 spiro atoms. The van der Waals surface area contributed by atoms with E-state index in [1.807, 2.05) is 23.7 Å². The standard InChI is InChI=1S/C21H27N3O4.ClH/c1-22-20(10-12-24(13-11-20)21(8-9-21)19(25)23-26)15-6-7-17(27-2)18(14-15)28-16-4-3-5-16;/h6-7,14,16,26H,3-5,8-13H2,2H3,(H,23,25);1H. The normalized spacial score (nSPS) is 22.4. The Morgan fingerprint density at radius 3 is 2.41 bits per heavy atom. The first kappa shape index (κ1) is 21.7. The Balaban J connectivity index is 0.00000240. The number of likely N-dealkylation sites (tertiary alicyclic amines) is 1. The van der Waals surface area contributed by atoms with Crippen LogP contribution in [0.4, 0.5) is 0 Å². The highest BCUT2D eigenvalue weighted by molar-refractivity contribution is 5.88. The fourth-order valence-electron chi connectivity index (χ4n) is 4.41. The number of rotatable bonds is 6. The molecule has 1 aromatic rings. The molecule has 0 radical (unpaired) electrons. The van der Waals surface area contributed by atoms with Crippen molar-refractivity contribution in [3.8, 4) is 11.5 Å². The van der Waals surface area contributed by atoms with Gasteiger partial charge in [-0.15, -0.1) is 12.4 Å². The zero-order valence-electron chi connectivity index (χ0n) is 16.6. The van der Waals surface area contributed by atoms with Crippen LogP contribution in [0.2, 0.25) is 0 Å². The van der Waals surface area contributed by atoms with Crippen molar-refractivity contribution in [1.29, 1.82) is 0 Å². The lowest BCUT2D eigenvalue weighted by Crippen LogP contribution is -2.53. The van der Waals surface area contributed by atoms with Crippen molar-refractivity contribution >= 4 is 18.3 Å². The smallest absolute Gasteiger partial charge is 0.263 e.